The van der Waals surface area contributed by atoms with Gasteiger partial charge in [0, 0.05) is 28.4 Å². The minimum atomic E-state index is -0.535. The second-order valence-electron chi connectivity index (χ2n) is 5.03. The smallest absolute Gasteiger partial charge is 0.267 e. The van der Waals surface area contributed by atoms with E-state index in [1.807, 2.05) is 0 Å². The summed E-state index contributed by atoms with van der Waals surface area (Å²) in [4.78, 5) is 23.1. The van der Waals surface area contributed by atoms with Crippen molar-refractivity contribution < 1.29 is 9.63 Å². The monoisotopic (exact) mass is 340 g/mol. The average Bonchev–Trinajstić information content (AvgIpc) is 3.06. The zero-order valence-corrected chi connectivity index (χ0v) is 12.8. The predicted octanol–water partition coefficient (Wildman–Crippen LogP) is 3.00. The van der Waals surface area contributed by atoms with Crippen molar-refractivity contribution in [1.82, 2.24) is 20.1 Å². The molecule has 2 N–H and O–H groups in total. The van der Waals surface area contributed by atoms with Crippen LogP contribution < -0.4 is 5.56 Å². The summed E-state index contributed by atoms with van der Waals surface area (Å²) >= 11 is 5.95. The Balaban J connectivity index is 1.91. The minimum Gasteiger partial charge on any atom is -0.506 e. The van der Waals surface area contributed by atoms with E-state index in [2.05, 4.69) is 20.1 Å². The molecular weight excluding hydrogens is 332 g/mol. The van der Waals surface area contributed by atoms with Crippen molar-refractivity contribution in [3.8, 4) is 28.6 Å². The first kappa shape index (κ1) is 14.4. The van der Waals surface area contributed by atoms with Crippen LogP contribution in [-0.2, 0) is 0 Å². The molecule has 0 atom stereocenters. The van der Waals surface area contributed by atoms with Crippen LogP contribution in [0, 0.1) is 0 Å². The van der Waals surface area contributed by atoms with E-state index in [4.69, 9.17) is 16.1 Å². The lowest BCUT2D eigenvalue weighted by Gasteiger charge is -2.04. The lowest BCUT2D eigenvalue weighted by molar-refractivity contribution is 0.426. The molecule has 0 aliphatic rings. The third-order valence-corrected chi connectivity index (χ3v) is 3.76. The summed E-state index contributed by atoms with van der Waals surface area (Å²) in [7, 11) is 0. The summed E-state index contributed by atoms with van der Waals surface area (Å²) in [5, 5.41) is 15.1. The van der Waals surface area contributed by atoms with E-state index in [-0.39, 0.29) is 23.0 Å². The van der Waals surface area contributed by atoms with Crippen LogP contribution in [0.1, 0.15) is 0 Å². The van der Waals surface area contributed by atoms with Gasteiger partial charge in [0.05, 0.1) is 5.52 Å². The van der Waals surface area contributed by atoms with Gasteiger partial charge in [-0.15, -0.1) is 0 Å². The van der Waals surface area contributed by atoms with Gasteiger partial charge in [-0.2, -0.15) is 4.98 Å². The Morgan fingerprint density at radius 1 is 1.17 bits per heavy atom. The lowest BCUT2D eigenvalue weighted by atomic mass is 10.1. The zero-order chi connectivity index (χ0) is 16.7. The summed E-state index contributed by atoms with van der Waals surface area (Å²) < 4.78 is 5.15. The summed E-state index contributed by atoms with van der Waals surface area (Å²) in [6.07, 6.45) is 3.18. The van der Waals surface area contributed by atoms with Crippen LogP contribution in [0.5, 0.6) is 5.75 Å². The van der Waals surface area contributed by atoms with Crippen molar-refractivity contribution in [2.75, 3.05) is 0 Å². The molecule has 0 bridgehead atoms. The van der Waals surface area contributed by atoms with Crippen LogP contribution >= 0.6 is 11.6 Å². The number of aromatic hydroxyl groups is 1. The van der Waals surface area contributed by atoms with E-state index >= 15 is 0 Å². The first-order valence-electron chi connectivity index (χ1n) is 6.92. The van der Waals surface area contributed by atoms with Crippen molar-refractivity contribution in [1.29, 1.82) is 0 Å². The third kappa shape index (κ3) is 2.31. The van der Waals surface area contributed by atoms with Crippen LogP contribution in [0.3, 0.4) is 0 Å². The Morgan fingerprint density at radius 2 is 1.96 bits per heavy atom. The summed E-state index contributed by atoms with van der Waals surface area (Å²) in [6.45, 7) is 0. The molecule has 0 saturated heterocycles. The number of halogens is 1. The number of hydrogen-bond acceptors (Lipinski definition) is 6. The number of fused-ring (bicyclic) bond motifs is 1. The molecule has 0 radical (unpaired) electrons. The van der Waals surface area contributed by atoms with Crippen LogP contribution in [0.2, 0.25) is 5.02 Å². The molecule has 0 fully saturated rings. The number of H-pyrrole nitrogens is 1. The first-order valence-corrected chi connectivity index (χ1v) is 7.30. The Hall–Kier alpha value is -3.19. The zero-order valence-electron chi connectivity index (χ0n) is 12.0. The van der Waals surface area contributed by atoms with Crippen LogP contribution in [-0.4, -0.2) is 25.2 Å². The predicted molar refractivity (Wildman–Crippen MR) is 87.8 cm³/mol. The molecular formula is C16H9ClN4O3. The van der Waals surface area contributed by atoms with Crippen molar-refractivity contribution >= 4 is 22.5 Å². The second kappa shape index (κ2) is 5.47. The first-order chi connectivity index (χ1) is 11.6. The number of benzene rings is 1. The number of hydrogen-bond donors (Lipinski definition) is 2. The molecule has 0 unspecified atom stereocenters. The average molecular weight is 341 g/mol. The van der Waals surface area contributed by atoms with E-state index < -0.39 is 5.56 Å². The van der Waals surface area contributed by atoms with Crippen molar-refractivity contribution in [3.05, 3.63) is 58.1 Å². The molecule has 3 heterocycles. The van der Waals surface area contributed by atoms with Crippen LogP contribution in [0.4, 0.5) is 0 Å². The highest BCUT2D eigenvalue weighted by Gasteiger charge is 2.20. The summed E-state index contributed by atoms with van der Waals surface area (Å²) in [5.41, 5.74) is 0.504. The highest BCUT2D eigenvalue weighted by molar-refractivity contribution is 6.31. The molecule has 0 aliphatic heterocycles. The molecule has 0 spiro atoms. The standard InChI is InChI=1S/C16H9ClN4O3/c17-9-1-2-11-10(7-9)13(22)12(15(23)19-11)16-20-14(21-24-16)8-3-5-18-6-4-8/h1-7H,(H2,19,22,23). The molecule has 118 valence electrons. The van der Waals surface area contributed by atoms with E-state index in [1.165, 1.54) is 0 Å². The largest absolute Gasteiger partial charge is 0.506 e. The fraction of sp³-hybridized carbons (Fsp3) is 0. The fourth-order valence-electron chi connectivity index (χ4n) is 2.39. The Morgan fingerprint density at radius 3 is 2.75 bits per heavy atom. The molecule has 3 aromatic heterocycles. The fourth-order valence-corrected chi connectivity index (χ4v) is 2.56. The number of aromatic nitrogens is 4. The van der Waals surface area contributed by atoms with Gasteiger partial charge in [0.25, 0.3) is 11.4 Å². The van der Waals surface area contributed by atoms with Crippen molar-refractivity contribution in [2.45, 2.75) is 0 Å². The normalized spacial score (nSPS) is 11.0. The number of pyridine rings is 2. The maximum absolute atomic E-state index is 12.3. The summed E-state index contributed by atoms with van der Waals surface area (Å²) in [5.74, 6) is -0.0546. The van der Waals surface area contributed by atoms with E-state index in [9.17, 15) is 9.90 Å². The highest BCUT2D eigenvalue weighted by atomic mass is 35.5. The van der Waals surface area contributed by atoms with Gasteiger partial charge in [0.1, 0.15) is 11.3 Å². The molecule has 7 nitrogen and oxygen atoms in total. The SMILES string of the molecule is O=c1[nH]c2ccc(Cl)cc2c(O)c1-c1nc(-c2ccncc2)no1. The van der Waals surface area contributed by atoms with Gasteiger partial charge in [-0.25, -0.2) is 0 Å². The maximum atomic E-state index is 12.3. The molecule has 4 aromatic rings. The van der Waals surface area contributed by atoms with Gasteiger partial charge in [0.2, 0.25) is 5.82 Å². The Bertz CT molecular complexity index is 1110. The third-order valence-electron chi connectivity index (χ3n) is 3.53. The number of nitrogens with zero attached hydrogens (tertiary/aromatic N) is 3. The van der Waals surface area contributed by atoms with E-state index in [0.29, 0.717) is 21.5 Å². The van der Waals surface area contributed by atoms with Crippen molar-refractivity contribution in [2.24, 2.45) is 0 Å². The number of aromatic amines is 1. The van der Waals surface area contributed by atoms with Gasteiger partial charge in [0.15, 0.2) is 0 Å². The molecule has 0 aliphatic carbocycles. The molecule has 24 heavy (non-hydrogen) atoms. The van der Waals surface area contributed by atoms with Crippen molar-refractivity contribution in [3.63, 3.8) is 0 Å². The lowest BCUT2D eigenvalue weighted by Crippen LogP contribution is -2.09. The second-order valence-corrected chi connectivity index (χ2v) is 5.46. The Kier molecular flexibility index (Phi) is 3.28. The van der Waals surface area contributed by atoms with E-state index in [0.717, 1.165) is 0 Å². The Labute approximate surface area is 139 Å². The van der Waals surface area contributed by atoms with Gasteiger partial charge < -0.3 is 14.6 Å². The molecule has 0 amide bonds. The van der Waals surface area contributed by atoms with Crippen LogP contribution in [0.15, 0.2) is 52.0 Å². The quantitative estimate of drug-likeness (QED) is 0.581. The van der Waals surface area contributed by atoms with Crippen LogP contribution in [0.25, 0.3) is 33.7 Å². The molecule has 1 aromatic carbocycles. The van der Waals surface area contributed by atoms with Gasteiger partial charge in [-0.05, 0) is 30.3 Å². The van der Waals surface area contributed by atoms with Gasteiger partial charge >= 0.3 is 0 Å². The maximum Gasteiger partial charge on any atom is 0.267 e. The number of nitrogens with one attached hydrogen (secondary N) is 1. The van der Waals surface area contributed by atoms with E-state index in [1.54, 1.807) is 42.7 Å². The highest BCUT2D eigenvalue weighted by Crippen LogP contribution is 2.33. The molecule has 0 saturated carbocycles. The topological polar surface area (TPSA) is 105 Å². The van der Waals surface area contributed by atoms with Gasteiger partial charge in [-0.1, -0.05) is 16.8 Å². The minimum absolute atomic E-state index is 0.0811. The molecule has 8 heteroatoms. The number of rotatable bonds is 2. The van der Waals surface area contributed by atoms with Gasteiger partial charge in [-0.3, -0.25) is 9.78 Å². The summed E-state index contributed by atoms with van der Waals surface area (Å²) in [6, 6.07) is 8.19. The molecule has 4 rings (SSSR count).